The Morgan fingerprint density at radius 3 is 2.43 bits per heavy atom. The Morgan fingerprint density at radius 2 is 1.61 bits per heavy atom. The molecule has 112 valence electrons. The molecule has 0 radical (unpaired) electrons. The molecule has 0 amide bonds. The van der Waals surface area contributed by atoms with Gasteiger partial charge in [0.25, 0.3) is 0 Å². The molecule has 0 spiro atoms. The number of benzene rings is 2. The van der Waals surface area contributed by atoms with E-state index in [2.05, 4.69) is 15.1 Å². The van der Waals surface area contributed by atoms with E-state index in [1.54, 1.807) is 0 Å². The van der Waals surface area contributed by atoms with Gasteiger partial charge in [-0.2, -0.15) is 5.10 Å². The van der Waals surface area contributed by atoms with Gasteiger partial charge in [0.2, 0.25) is 0 Å². The lowest BCUT2D eigenvalue weighted by Crippen LogP contribution is -2.32. The SMILES string of the molecule is O=c1[nH]c2c([nH]c3ccccc32)c(=O)n1N=Cc1ccccc1. The molecule has 0 unspecified atom stereocenters. The van der Waals surface area contributed by atoms with Gasteiger partial charge in [-0.3, -0.25) is 4.79 Å². The summed E-state index contributed by atoms with van der Waals surface area (Å²) >= 11 is 0. The van der Waals surface area contributed by atoms with E-state index in [0.717, 1.165) is 21.1 Å². The highest BCUT2D eigenvalue weighted by atomic mass is 16.2. The Bertz CT molecular complexity index is 1150. The van der Waals surface area contributed by atoms with Crippen LogP contribution in [0.25, 0.3) is 21.9 Å². The van der Waals surface area contributed by atoms with Crippen molar-refractivity contribution in [3.63, 3.8) is 0 Å². The lowest BCUT2D eigenvalue weighted by Gasteiger charge is -1.97. The molecule has 2 heterocycles. The molecule has 0 aliphatic rings. The summed E-state index contributed by atoms with van der Waals surface area (Å²) in [6.07, 6.45) is 1.48. The third kappa shape index (κ3) is 2.17. The van der Waals surface area contributed by atoms with Crippen LogP contribution in [0.2, 0.25) is 0 Å². The summed E-state index contributed by atoms with van der Waals surface area (Å²) in [5.74, 6) is 0. The van der Waals surface area contributed by atoms with Gasteiger partial charge in [-0.15, -0.1) is 4.68 Å². The predicted octanol–water partition coefficient (Wildman–Crippen LogP) is 2.05. The zero-order valence-electron chi connectivity index (χ0n) is 12.0. The molecule has 0 fully saturated rings. The summed E-state index contributed by atoms with van der Waals surface area (Å²) in [7, 11) is 0. The number of aromatic nitrogens is 3. The topological polar surface area (TPSA) is 83.0 Å². The van der Waals surface area contributed by atoms with Crippen molar-refractivity contribution in [1.29, 1.82) is 0 Å². The van der Waals surface area contributed by atoms with Gasteiger partial charge in [-0.25, -0.2) is 4.79 Å². The van der Waals surface area contributed by atoms with E-state index in [1.165, 1.54) is 6.21 Å². The van der Waals surface area contributed by atoms with E-state index in [9.17, 15) is 9.59 Å². The largest absolute Gasteiger partial charge is 0.350 e. The molecule has 4 rings (SSSR count). The number of para-hydroxylation sites is 1. The minimum Gasteiger partial charge on any atom is -0.349 e. The minimum absolute atomic E-state index is 0.330. The third-order valence-corrected chi connectivity index (χ3v) is 3.66. The molecule has 6 heteroatoms. The Balaban J connectivity index is 1.94. The predicted molar refractivity (Wildman–Crippen MR) is 90.1 cm³/mol. The fourth-order valence-electron chi connectivity index (χ4n) is 2.56. The van der Waals surface area contributed by atoms with Crippen molar-refractivity contribution < 1.29 is 0 Å². The van der Waals surface area contributed by atoms with Gasteiger partial charge in [0.1, 0.15) is 5.52 Å². The molecule has 0 saturated carbocycles. The van der Waals surface area contributed by atoms with Crippen LogP contribution in [0.5, 0.6) is 0 Å². The van der Waals surface area contributed by atoms with Crippen LogP contribution < -0.4 is 11.2 Å². The minimum atomic E-state index is -0.570. The summed E-state index contributed by atoms with van der Waals surface area (Å²) in [6, 6.07) is 16.7. The zero-order chi connectivity index (χ0) is 15.8. The number of aromatic amines is 2. The van der Waals surface area contributed by atoms with Gasteiger partial charge < -0.3 is 9.97 Å². The van der Waals surface area contributed by atoms with E-state index in [-0.39, 0.29) is 0 Å². The van der Waals surface area contributed by atoms with Crippen LogP contribution in [0.3, 0.4) is 0 Å². The van der Waals surface area contributed by atoms with Crippen molar-refractivity contribution in [3.05, 3.63) is 81.0 Å². The summed E-state index contributed by atoms with van der Waals surface area (Å²) in [6.45, 7) is 0. The highest BCUT2D eigenvalue weighted by Crippen LogP contribution is 2.19. The third-order valence-electron chi connectivity index (χ3n) is 3.66. The second kappa shape index (κ2) is 5.10. The average Bonchev–Trinajstić information content (AvgIpc) is 2.95. The molecule has 6 nitrogen and oxygen atoms in total. The second-order valence-electron chi connectivity index (χ2n) is 5.12. The van der Waals surface area contributed by atoms with E-state index in [1.807, 2.05) is 54.6 Å². The van der Waals surface area contributed by atoms with E-state index >= 15 is 0 Å². The van der Waals surface area contributed by atoms with Gasteiger partial charge in [-0.05, 0) is 11.6 Å². The van der Waals surface area contributed by atoms with Gasteiger partial charge in [0, 0.05) is 10.9 Å². The second-order valence-corrected chi connectivity index (χ2v) is 5.12. The monoisotopic (exact) mass is 304 g/mol. The fourth-order valence-corrected chi connectivity index (χ4v) is 2.56. The molecular formula is C17H12N4O2. The molecule has 0 saturated heterocycles. The molecule has 0 atom stereocenters. The molecule has 0 aliphatic heterocycles. The first-order chi connectivity index (χ1) is 11.2. The Morgan fingerprint density at radius 1 is 0.870 bits per heavy atom. The van der Waals surface area contributed by atoms with Crippen molar-refractivity contribution in [2.75, 3.05) is 0 Å². The van der Waals surface area contributed by atoms with Crippen LogP contribution in [0, 0.1) is 0 Å². The van der Waals surface area contributed by atoms with E-state index in [0.29, 0.717) is 11.0 Å². The summed E-state index contributed by atoms with van der Waals surface area (Å²) < 4.78 is 0.824. The molecule has 0 aliphatic carbocycles. The van der Waals surface area contributed by atoms with Crippen molar-refractivity contribution in [3.8, 4) is 0 Å². The quantitative estimate of drug-likeness (QED) is 0.556. The lowest BCUT2D eigenvalue weighted by atomic mass is 10.2. The first-order valence-electron chi connectivity index (χ1n) is 7.09. The Labute approximate surface area is 129 Å². The molecule has 23 heavy (non-hydrogen) atoms. The molecular weight excluding hydrogens is 292 g/mol. The zero-order valence-corrected chi connectivity index (χ0v) is 12.0. The van der Waals surface area contributed by atoms with Crippen molar-refractivity contribution in [2.45, 2.75) is 0 Å². The number of hydrogen-bond donors (Lipinski definition) is 2. The van der Waals surface area contributed by atoms with Gasteiger partial charge in [-0.1, -0.05) is 48.5 Å². The number of fused-ring (bicyclic) bond motifs is 3. The van der Waals surface area contributed by atoms with Gasteiger partial charge in [0.05, 0.1) is 11.7 Å². The highest BCUT2D eigenvalue weighted by molar-refractivity contribution is 6.04. The van der Waals surface area contributed by atoms with Crippen LogP contribution in [0.4, 0.5) is 0 Å². The Kier molecular flexibility index (Phi) is 2.94. The molecule has 4 aromatic rings. The number of nitrogens with zero attached hydrogens (tertiary/aromatic N) is 2. The van der Waals surface area contributed by atoms with Gasteiger partial charge in [0.15, 0.2) is 0 Å². The summed E-state index contributed by atoms with van der Waals surface area (Å²) in [4.78, 5) is 30.5. The molecule has 2 aromatic heterocycles. The maximum absolute atomic E-state index is 12.5. The van der Waals surface area contributed by atoms with Crippen LogP contribution in [0.1, 0.15) is 5.56 Å². The van der Waals surface area contributed by atoms with Crippen LogP contribution in [0.15, 0.2) is 69.3 Å². The van der Waals surface area contributed by atoms with Crippen molar-refractivity contribution >= 4 is 28.2 Å². The van der Waals surface area contributed by atoms with E-state index in [4.69, 9.17) is 0 Å². The number of hydrogen-bond acceptors (Lipinski definition) is 3. The normalized spacial score (nSPS) is 11.7. The van der Waals surface area contributed by atoms with Crippen LogP contribution >= 0.6 is 0 Å². The van der Waals surface area contributed by atoms with Crippen LogP contribution in [-0.2, 0) is 0 Å². The lowest BCUT2D eigenvalue weighted by molar-refractivity contribution is 0.770. The molecule has 2 N–H and O–H groups in total. The first kappa shape index (κ1) is 13.3. The maximum atomic E-state index is 12.5. The fraction of sp³-hybridized carbons (Fsp3) is 0. The Hall–Kier alpha value is -3.41. The number of H-pyrrole nitrogens is 2. The highest BCUT2D eigenvalue weighted by Gasteiger charge is 2.11. The van der Waals surface area contributed by atoms with Crippen molar-refractivity contribution in [2.24, 2.45) is 5.10 Å². The molecule has 0 bridgehead atoms. The van der Waals surface area contributed by atoms with E-state index < -0.39 is 11.2 Å². The standard InChI is InChI=1S/C17H12N4O2/c22-16-15-14(12-8-4-5-9-13(12)19-15)20-17(23)21(16)18-10-11-6-2-1-3-7-11/h1-10,19H,(H,20,23). The molecule has 2 aromatic carbocycles. The van der Waals surface area contributed by atoms with Gasteiger partial charge >= 0.3 is 11.2 Å². The number of rotatable bonds is 2. The van der Waals surface area contributed by atoms with Crippen LogP contribution in [-0.4, -0.2) is 20.9 Å². The first-order valence-corrected chi connectivity index (χ1v) is 7.09. The number of nitrogens with one attached hydrogen (secondary N) is 2. The summed E-state index contributed by atoms with van der Waals surface area (Å²) in [5, 5.41) is 4.81. The smallest absolute Gasteiger partial charge is 0.349 e. The summed E-state index contributed by atoms with van der Waals surface area (Å²) in [5.41, 5.74) is 1.37. The average molecular weight is 304 g/mol. The van der Waals surface area contributed by atoms with Crippen molar-refractivity contribution in [1.82, 2.24) is 14.6 Å². The maximum Gasteiger partial charge on any atom is 0.350 e.